The Bertz CT molecular complexity index is 3140. The van der Waals surface area contributed by atoms with Crippen LogP contribution < -0.4 is 0 Å². The fourth-order valence-corrected chi connectivity index (χ4v) is 8.32. The molecule has 0 radical (unpaired) electrons. The molecule has 11 aromatic rings. The lowest BCUT2D eigenvalue weighted by Gasteiger charge is -2.15. The molecule has 0 fully saturated rings. The Morgan fingerprint density at radius 2 is 0.852 bits per heavy atom. The first kappa shape index (κ1) is 30.3. The Hall–Kier alpha value is -7.30. The Morgan fingerprint density at radius 1 is 0.315 bits per heavy atom. The van der Waals surface area contributed by atoms with Crippen LogP contribution >= 0.6 is 0 Å². The molecule has 0 aliphatic rings. The molecule has 8 aromatic carbocycles. The van der Waals surface area contributed by atoms with Crippen LogP contribution in [0.1, 0.15) is 0 Å². The molecule has 3 heterocycles. The molecule has 0 unspecified atom stereocenters. The Morgan fingerprint density at radius 3 is 1.57 bits per heavy atom. The van der Waals surface area contributed by atoms with E-state index in [1.807, 2.05) is 24.3 Å². The number of para-hydroxylation sites is 3. The highest BCUT2D eigenvalue weighted by molar-refractivity contribution is 6.19. The van der Waals surface area contributed by atoms with Gasteiger partial charge in [0, 0.05) is 49.3 Å². The van der Waals surface area contributed by atoms with Crippen LogP contribution in [0.5, 0.6) is 0 Å². The maximum atomic E-state index is 5.21. The topological polar surface area (TPSA) is 35.6 Å². The molecule has 4 nitrogen and oxygen atoms in total. The molecule has 4 heteroatoms. The van der Waals surface area contributed by atoms with Crippen LogP contribution in [0, 0.1) is 0 Å². The van der Waals surface area contributed by atoms with E-state index < -0.39 is 0 Å². The molecule has 3 aromatic heterocycles. The molecule has 0 spiro atoms. The molecule has 0 saturated heterocycles. The van der Waals surface area contributed by atoms with Crippen molar-refractivity contribution in [1.82, 2.24) is 19.1 Å². The van der Waals surface area contributed by atoms with Crippen LogP contribution in [0.2, 0.25) is 0 Å². The summed E-state index contributed by atoms with van der Waals surface area (Å²) in [6, 6.07) is 69.0. The highest BCUT2D eigenvalue weighted by atomic mass is 15.0. The quantitative estimate of drug-likeness (QED) is 0.180. The molecule has 54 heavy (non-hydrogen) atoms. The predicted molar refractivity (Wildman–Crippen MR) is 225 cm³/mol. The predicted octanol–water partition coefficient (Wildman–Crippen LogP) is 12.8. The van der Waals surface area contributed by atoms with Gasteiger partial charge in [-0.15, -0.1) is 0 Å². The monoisotopic (exact) mass is 688 g/mol. The first-order chi connectivity index (χ1) is 26.8. The van der Waals surface area contributed by atoms with Gasteiger partial charge < -0.3 is 9.13 Å². The van der Waals surface area contributed by atoms with Gasteiger partial charge >= 0.3 is 0 Å². The summed E-state index contributed by atoms with van der Waals surface area (Å²) in [6.45, 7) is 0. The number of hydrogen-bond acceptors (Lipinski definition) is 2. The third-order valence-corrected chi connectivity index (χ3v) is 10.7. The van der Waals surface area contributed by atoms with Crippen molar-refractivity contribution in [2.45, 2.75) is 0 Å². The van der Waals surface area contributed by atoms with Crippen molar-refractivity contribution in [2.75, 3.05) is 0 Å². The highest BCUT2D eigenvalue weighted by Gasteiger charge is 2.20. The SMILES string of the molecule is c1ccc(-c2cc(-c3cccc4c(-n5c6ccccc6c6cc7c8ccccc8n(-c8ccccc8)c7cc65)cccc34)nc(-c3ccccc3)n2)cc1. The summed E-state index contributed by atoms with van der Waals surface area (Å²) in [5, 5.41) is 7.25. The molecule has 0 bridgehead atoms. The zero-order valence-corrected chi connectivity index (χ0v) is 29.3. The summed E-state index contributed by atoms with van der Waals surface area (Å²) in [4.78, 5) is 10.3. The normalized spacial score (nSPS) is 11.7. The summed E-state index contributed by atoms with van der Waals surface area (Å²) < 4.78 is 4.85. The van der Waals surface area contributed by atoms with Gasteiger partial charge in [-0.05, 0) is 53.9 Å². The minimum absolute atomic E-state index is 0.709. The third-order valence-electron chi connectivity index (χ3n) is 10.7. The van der Waals surface area contributed by atoms with Gasteiger partial charge in [0.2, 0.25) is 0 Å². The van der Waals surface area contributed by atoms with E-state index in [1.54, 1.807) is 0 Å². The van der Waals surface area contributed by atoms with Gasteiger partial charge in [0.15, 0.2) is 5.82 Å². The van der Waals surface area contributed by atoms with E-state index >= 15 is 0 Å². The van der Waals surface area contributed by atoms with E-state index in [0.29, 0.717) is 5.82 Å². The smallest absolute Gasteiger partial charge is 0.160 e. The van der Waals surface area contributed by atoms with Gasteiger partial charge in [0.25, 0.3) is 0 Å². The van der Waals surface area contributed by atoms with E-state index in [1.165, 1.54) is 43.6 Å². The third kappa shape index (κ3) is 4.70. The van der Waals surface area contributed by atoms with E-state index in [2.05, 4.69) is 179 Å². The molecule has 0 aliphatic carbocycles. The molecule has 0 amide bonds. The van der Waals surface area contributed by atoms with Crippen LogP contribution in [-0.2, 0) is 0 Å². The molecular weight excluding hydrogens is 657 g/mol. The zero-order valence-electron chi connectivity index (χ0n) is 29.3. The van der Waals surface area contributed by atoms with Crippen molar-refractivity contribution in [2.24, 2.45) is 0 Å². The summed E-state index contributed by atoms with van der Waals surface area (Å²) in [5.74, 6) is 0.709. The maximum Gasteiger partial charge on any atom is 0.160 e. The fraction of sp³-hybridized carbons (Fsp3) is 0. The van der Waals surface area contributed by atoms with Crippen molar-refractivity contribution in [3.8, 4) is 45.3 Å². The standard InChI is InChI=1S/C50H32N4/c1-4-16-33(17-5-1)43-31-44(52-50(51-43)34-18-6-2-7-19-34)37-25-14-26-38-36(37)24-15-29-47(38)54-46-28-13-11-23-40(46)42-30-41-39-22-10-12-27-45(39)53(48(41)32-49(42)54)35-20-8-3-9-21-35/h1-32H. The largest absolute Gasteiger partial charge is 0.309 e. The van der Waals surface area contributed by atoms with Crippen LogP contribution in [-0.4, -0.2) is 19.1 Å². The number of hydrogen-bond donors (Lipinski definition) is 0. The van der Waals surface area contributed by atoms with E-state index in [4.69, 9.17) is 9.97 Å². The minimum Gasteiger partial charge on any atom is -0.309 e. The van der Waals surface area contributed by atoms with Crippen molar-refractivity contribution < 1.29 is 0 Å². The van der Waals surface area contributed by atoms with Gasteiger partial charge in [-0.3, -0.25) is 0 Å². The Balaban J connectivity index is 1.19. The zero-order chi connectivity index (χ0) is 35.6. The second-order valence-corrected chi connectivity index (χ2v) is 13.8. The number of fused-ring (bicyclic) bond motifs is 7. The number of benzene rings is 8. The average Bonchev–Trinajstić information content (AvgIpc) is 3.75. The highest BCUT2D eigenvalue weighted by Crippen LogP contribution is 2.41. The summed E-state index contributed by atoms with van der Waals surface area (Å²) in [5.41, 5.74) is 11.9. The first-order valence-electron chi connectivity index (χ1n) is 18.3. The first-order valence-corrected chi connectivity index (χ1v) is 18.3. The summed E-state index contributed by atoms with van der Waals surface area (Å²) >= 11 is 0. The lowest BCUT2D eigenvalue weighted by atomic mass is 9.99. The molecule has 0 atom stereocenters. The van der Waals surface area contributed by atoms with E-state index in [0.717, 1.165) is 50.2 Å². The van der Waals surface area contributed by atoms with Gasteiger partial charge in [-0.2, -0.15) is 0 Å². The number of rotatable bonds is 5. The molecule has 0 saturated carbocycles. The lowest BCUT2D eigenvalue weighted by Crippen LogP contribution is -1.98. The average molecular weight is 689 g/mol. The summed E-state index contributed by atoms with van der Waals surface area (Å²) in [7, 11) is 0. The lowest BCUT2D eigenvalue weighted by molar-refractivity contribution is 1.17. The van der Waals surface area contributed by atoms with Crippen LogP contribution in [0.25, 0.3) is 99.7 Å². The Kier molecular flexibility index (Phi) is 6.82. The summed E-state index contributed by atoms with van der Waals surface area (Å²) in [6.07, 6.45) is 0. The minimum atomic E-state index is 0.709. The van der Waals surface area contributed by atoms with Crippen molar-refractivity contribution in [1.29, 1.82) is 0 Å². The molecule has 0 N–H and O–H groups in total. The number of aromatic nitrogens is 4. The number of nitrogens with zero attached hydrogens (tertiary/aromatic N) is 4. The maximum absolute atomic E-state index is 5.21. The Labute approximate surface area is 311 Å². The van der Waals surface area contributed by atoms with Gasteiger partial charge in [0.1, 0.15) is 0 Å². The molecule has 0 aliphatic heterocycles. The van der Waals surface area contributed by atoms with Gasteiger partial charge in [-0.25, -0.2) is 9.97 Å². The van der Waals surface area contributed by atoms with Crippen LogP contribution in [0.15, 0.2) is 194 Å². The van der Waals surface area contributed by atoms with Crippen LogP contribution in [0.4, 0.5) is 0 Å². The van der Waals surface area contributed by atoms with E-state index in [-0.39, 0.29) is 0 Å². The van der Waals surface area contributed by atoms with Gasteiger partial charge in [0.05, 0.1) is 39.1 Å². The van der Waals surface area contributed by atoms with Crippen LogP contribution in [0.3, 0.4) is 0 Å². The van der Waals surface area contributed by atoms with Crippen molar-refractivity contribution in [3.63, 3.8) is 0 Å². The molecular formula is C50H32N4. The molecule has 252 valence electrons. The van der Waals surface area contributed by atoms with Crippen molar-refractivity contribution >= 4 is 54.4 Å². The fourth-order valence-electron chi connectivity index (χ4n) is 8.32. The molecule has 11 rings (SSSR count). The van der Waals surface area contributed by atoms with Gasteiger partial charge in [-0.1, -0.05) is 146 Å². The van der Waals surface area contributed by atoms with E-state index in [9.17, 15) is 0 Å². The second-order valence-electron chi connectivity index (χ2n) is 13.8. The van der Waals surface area contributed by atoms with Crippen molar-refractivity contribution in [3.05, 3.63) is 194 Å². The second kappa shape index (κ2) is 12.1.